The van der Waals surface area contributed by atoms with Crippen molar-refractivity contribution in [2.24, 2.45) is 10.8 Å². The molecule has 2 atom stereocenters. The Labute approximate surface area is 97.7 Å². The summed E-state index contributed by atoms with van der Waals surface area (Å²) >= 11 is 0. The molecule has 0 radical (unpaired) electrons. The van der Waals surface area contributed by atoms with Crippen LogP contribution in [0.5, 0.6) is 0 Å². The van der Waals surface area contributed by atoms with Gasteiger partial charge in [-0.25, -0.2) is 0 Å². The Balaban J connectivity index is 1.98. The highest BCUT2D eigenvalue weighted by Crippen LogP contribution is 2.64. The van der Waals surface area contributed by atoms with Gasteiger partial charge >= 0.3 is 0 Å². The molecule has 0 amide bonds. The van der Waals surface area contributed by atoms with Gasteiger partial charge in [-0.15, -0.1) is 12.3 Å². The van der Waals surface area contributed by atoms with E-state index in [-0.39, 0.29) is 11.2 Å². The first-order valence-electron chi connectivity index (χ1n) is 6.18. The van der Waals surface area contributed by atoms with Crippen molar-refractivity contribution in [1.29, 1.82) is 0 Å². The average molecular weight is 220 g/mol. The molecule has 2 aliphatic heterocycles. The number of terminal acetylenes is 1. The monoisotopic (exact) mass is 220 g/mol. The normalized spacial score (nSPS) is 52.6. The van der Waals surface area contributed by atoms with Crippen molar-refractivity contribution in [3.63, 3.8) is 0 Å². The lowest BCUT2D eigenvalue weighted by Crippen LogP contribution is -2.53. The lowest BCUT2D eigenvalue weighted by atomic mass is 9.60. The van der Waals surface area contributed by atoms with E-state index in [1.54, 1.807) is 0 Å². The molecular formula is C14H20O2. The third-order valence-electron chi connectivity index (χ3n) is 4.62. The SMILES string of the molecule is C#CCC12CC3(C)OC1CC(C)(C)CC2O3. The van der Waals surface area contributed by atoms with Crippen molar-refractivity contribution in [3.8, 4) is 12.3 Å². The molecular weight excluding hydrogens is 200 g/mol. The van der Waals surface area contributed by atoms with Crippen LogP contribution in [0.2, 0.25) is 0 Å². The highest BCUT2D eigenvalue weighted by Gasteiger charge is 2.68. The van der Waals surface area contributed by atoms with E-state index in [1.165, 1.54) is 0 Å². The molecule has 0 spiro atoms. The molecule has 2 saturated heterocycles. The summed E-state index contributed by atoms with van der Waals surface area (Å²) in [5.74, 6) is 2.48. The predicted molar refractivity (Wildman–Crippen MR) is 61.7 cm³/mol. The lowest BCUT2D eigenvalue weighted by Gasteiger charge is -2.50. The van der Waals surface area contributed by atoms with E-state index in [9.17, 15) is 0 Å². The Bertz CT molecular complexity index is 345. The van der Waals surface area contributed by atoms with E-state index < -0.39 is 0 Å². The van der Waals surface area contributed by atoms with E-state index >= 15 is 0 Å². The standard InChI is InChI=1S/C14H20O2/c1-5-6-14-9-13(4)15-10(14)7-12(2,3)8-11(14)16-13/h1,10-11H,6-9H2,2-4H3. The van der Waals surface area contributed by atoms with Gasteiger partial charge < -0.3 is 9.47 Å². The summed E-state index contributed by atoms with van der Waals surface area (Å²) in [5, 5.41) is 0. The molecule has 3 fully saturated rings. The van der Waals surface area contributed by atoms with E-state index in [2.05, 4.69) is 26.7 Å². The van der Waals surface area contributed by atoms with Gasteiger partial charge in [0.1, 0.15) is 0 Å². The zero-order valence-corrected chi connectivity index (χ0v) is 10.4. The van der Waals surface area contributed by atoms with Gasteiger partial charge in [0.15, 0.2) is 5.79 Å². The van der Waals surface area contributed by atoms with Crippen LogP contribution >= 0.6 is 0 Å². The Morgan fingerprint density at radius 1 is 1.19 bits per heavy atom. The van der Waals surface area contributed by atoms with Crippen molar-refractivity contribution in [2.45, 2.75) is 64.4 Å². The van der Waals surface area contributed by atoms with E-state index in [0.29, 0.717) is 17.6 Å². The first kappa shape index (κ1) is 10.6. The molecule has 0 N–H and O–H groups in total. The fourth-order valence-electron chi connectivity index (χ4n) is 4.04. The minimum absolute atomic E-state index is 0.110. The molecule has 3 rings (SSSR count). The zero-order valence-electron chi connectivity index (χ0n) is 10.4. The molecule has 1 saturated carbocycles. The molecule has 1 aliphatic carbocycles. The number of fused-ring (bicyclic) bond motifs is 1. The second-order valence-electron chi connectivity index (χ2n) is 6.71. The summed E-state index contributed by atoms with van der Waals surface area (Å²) in [4.78, 5) is 0. The van der Waals surface area contributed by atoms with Crippen LogP contribution in [0.25, 0.3) is 0 Å². The molecule has 2 bridgehead atoms. The van der Waals surface area contributed by atoms with Gasteiger partial charge in [-0.2, -0.15) is 0 Å². The fourth-order valence-corrected chi connectivity index (χ4v) is 4.04. The van der Waals surface area contributed by atoms with Crippen LogP contribution in [0.3, 0.4) is 0 Å². The molecule has 0 aromatic heterocycles. The lowest BCUT2D eigenvalue weighted by molar-refractivity contribution is -0.294. The number of rotatable bonds is 1. The summed E-state index contributed by atoms with van der Waals surface area (Å²) < 4.78 is 12.2. The van der Waals surface area contributed by atoms with Crippen molar-refractivity contribution in [3.05, 3.63) is 0 Å². The maximum Gasteiger partial charge on any atom is 0.167 e. The summed E-state index contributed by atoms with van der Waals surface area (Å²) in [6, 6.07) is 0. The third kappa shape index (κ3) is 1.22. The second-order valence-corrected chi connectivity index (χ2v) is 6.71. The maximum atomic E-state index is 6.09. The minimum Gasteiger partial charge on any atom is -0.346 e. The molecule has 88 valence electrons. The molecule has 2 heteroatoms. The van der Waals surface area contributed by atoms with E-state index in [1.807, 2.05) is 0 Å². The van der Waals surface area contributed by atoms with Crippen LogP contribution < -0.4 is 0 Å². The Hall–Kier alpha value is -0.520. The molecule has 2 unspecified atom stereocenters. The van der Waals surface area contributed by atoms with Gasteiger partial charge in [-0.05, 0) is 25.2 Å². The molecule has 3 aliphatic rings. The largest absolute Gasteiger partial charge is 0.346 e. The molecule has 16 heavy (non-hydrogen) atoms. The summed E-state index contributed by atoms with van der Waals surface area (Å²) in [6.45, 7) is 6.66. The van der Waals surface area contributed by atoms with Crippen LogP contribution in [0, 0.1) is 23.2 Å². The summed E-state index contributed by atoms with van der Waals surface area (Å²) in [6.07, 6.45) is 10.2. The van der Waals surface area contributed by atoms with Crippen molar-refractivity contribution < 1.29 is 9.47 Å². The predicted octanol–water partition coefficient (Wildman–Crippen LogP) is 2.72. The third-order valence-corrected chi connectivity index (χ3v) is 4.62. The summed E-state index contributed by atoms with van der Waals surface area (Å²) in [7, 11) is 0. The summed E-state index contributed by atoms with van der Waals surface area (Å²) in [5.41, 5.74) is 0.429. The molecule has 2 heterocycles. The van der Waals surface area contributed by atoms with Gasteiger partial charge in [0.05, 0.1) is 12.2 Å². The maximum absolute atomic E-state index is 6.09. The topological polar surface area (TPSA) is 18.5 Å². The van der Waals surface area contributed by atoms with Crippen molar-refractivity contribution in [1.82, 2.24) is 0 Å². The zero-order chi connectivity index (χ0) is 11.6. The van der Waals surface area contributed by atoms with Gasteiger partial charge in [0.2, 0.25) is 0 Å². The van der Waals surface area contributed by atoms with Crippen LogP contribution in [0.4, 0.5) is 0 Å². The fraction of sp³-hybridized carbons (Fsp3) is 0.857. The van der Waals surface area contributed by atoms with Crippen LogP contribution in [0.1, 0.15) is 46.5 Å². The molecule has 0 aromatic carbocycles. The van der Waals surface area contributed by atoms with Crippen molar-refractivity contribution >= 4 is 0 Å². The molecule has 2 nitrogen and oxygen atoms in total. The number of hydrogen-bond acceptors (Lipinski definition) is 2. The number of hydrogen-bond donors (Lipinski definition) is 0. The second kappa shape index (κ2) is 2.83. The Morgan fingerprint density at radius 2 is 1.75 bits per heavy atom. The van der Waals surface area contributed by atoms with Crippen molar-refractivity contribution in [2.75, 3.05) is 0 Å². The first-order valence-corrected chi connectivity index (χ1v) is 6.18. The highest BCUT2D eigenvalue weighted by atomic mass is 16.7. The van der Waals surface area contributed by atoms with Gasteiger partial charge in [0.25, 0.3) is 0 Å². The molecule has 0 aromatic rings. The quantitative estimate of drug-likeness (QED) is 0.633. The van der Waals surface area contributed by atoms with Gasteiger partial charge in [-0.3, -0.25) is 0 Å². The minimum atomic E-state index is -0.358. The van der Waals surface area contributed by atoms with Gasteiger partial charge in [-0.1, -0.05) is 13.8 Å². The van der Waals surface area contributed by atoms with E-state index in [4.69, 9.17) is 15.9 Å². The van der Waals surface area contributed by atoms with E-state index in [0.717, 1.165) is 25.7 Å². The smallest absolute Gasteiger partial charge is 0.167 e. The van der Waals surface area contributed by atoms with Crippen LogP contribution in [-0.4, -0.2) is 18.0 Å². The number of ether oxygens (including phenoxy) is 2. The first-order chi connectivity index (χ1) is 7.39. The Kier molecular flexibility index (Phi) is 1.88. The highest BCUT2D eigenvalue weighted by molar-refractivity contribution is 5.16. The van der Waals surface area contributed by atoms with Gasteiger partial charge in [0, 0.05) is 18.3 Å². The van der Waals surface area contributed by atoms with Crippen LogP contribution in [0.15, 0.2) is 0 Å². The average Bonchev–Trinajstić information content (AvgIpc) is 2.50. The van der Waals surface area contributed by atoms with Crippen LogP contribution in [-0.2, 0) is 9.47 Å². The Morgan fingerprint density at radius 3 is 2.25 bits per heavy atom.